The molecule has 1 unspecified atom stereocenters. The van der Waals surface area contributed by atoms with Gasteiger partial charge in [-0.2, -0.15) is 0 Å². The van der Waals surface area contributed by atoms with E-state index in [-0.39, 0.29) is 0 Å². The molecule has 0 amide bonds. The zero-order valence-electron chi connectivity index (χ0n) is 11.5. The molecule has 0 bridgehead atoms. The van der Waals surface area contributed by atoms with Crippen molar-refractivity contribution >= 4 is 22.1 Å². The lowest BCUT2D eigenvalue weighted by atomic mass is 9.95. The molecule has 3 rings (SSSR count). The fourth-order valence-electron chi connectivity index (χ4n) is 3.07. The van der Waals surface area contributed by atoms with Gasteiger partial charge >= 0.3 is 0 Å². The molecule has 1 aliphatic heterocycles. The van der Waals surface area contributed by atoms with Crippen LogP contribution < -0.4 is 10.6 Å². The average molecular weight is 255 g/mol. The number of aromatic nitrogens is 1. The third-order valence-electron chi connectivity index (χ3n) is 4.28. The number of fused-ring (bicyclic) bond motifs is 1. The van der Waals surface area contributed by atoms with Gasteiger partial charge in [0.25, 0.3) is 0 Å². The van der Waals surface area contributed by atoms with Crippen LogP contribution in [0.1, 0.15) is 26.2 Å². The van der Waals surface area contributed by atoms with Crippen molar-refractivity contribution in [1.82, 2.24) is 4.98 Å². The fourth-order valence-corrected chi connectivity index (χ4v) is 3.07. The van der Waals surface area contributed by atoms with Crippen LogP contribution in [0.5, 0.6) is 0 Å². The largest absolute Gasteiger partial charge is 0.397 e. The zero-order valence-corrected chi connectivity index (χ0v) is 11.5. The first-order valence-electron chi connectivity index (χ1n) is 7.16. The Hall–Kier alpha value is -1.77. The maximum Gasteiger partial charge on any atom is 0.0632 e. The minimum Gasteiger partial charge on any atom is -0.397 e. The smallest absolute Gasteiger partial charge is 0.0632 e. The van der Waals surface area contributed by atoms with Crippen LogP contribution in [0.4, 0.5) is 11.4 Å². The Morgan fingerprint density at radius 2 is 2.26 bits per heavy atom. The van der Waals surface area contributed by atoms with E-state index in [0.29, 0.717) is 0 Å². The summed E-state index contributed by atoms with van der Waals surface area (Å²) in [6, 6.07) is 6.29. The van der Waals surface area contributed by atoms with Gasteiger partial charge in [-0.3, -0.25) is 4.98 Å². The monoisotopic (exact) mass is 255 g/mol. The van der Waals surface area contributed by atoms with E-state index in [1.165, 1.54) is 24.9 Å². The summed E-state index contributed by atoms with van der Waals surface area (Å²) in [5.41, 5.74) is 8.46. The van der Waals surface area contributed by atoms with Gasteiger partial charge in [0.1, 0.15) is 0 Å². The highest BCUT2D eigenvalue weighted by Gasteiger charge is 2.20. The Kier molecular flexibility index (Phi) is 3.28. The molecule has 1 aromatic carbocycles. The average Bonchev–Trinajstić information content (AvgIpc) is 2.48. The van der Waals surface area contributed by atoms with Crippen LogP contribution in [-0.2, 0) is 0 Å². The fraction of sp³-hybridized carbons (Fsp3) is 0.438. The first-order valence-corrected chi connectivity index (χ1v) is 7.16. The van der Waals surface area contributed by atoms with Gasteiger partial charge in [0.2, 0.25) is 0 Å². The molecule has 2 heterocycles. The lowest BCUT2D eigenvalue weighted by molar-refractivity contribution is 0.405. The van der Waals surface area contributed by atoms with Crippen LogP contribution in [-0.4, -0.2) is 18.1 Å². The predicted octanol–water partition coefficient (Wildman–Crippen LogP) is 3.44. The van der Waals surface area contributed by atoms with E-state index in [0.717, 1.165) is 35.5 Å². The molecule has 1 aromatic heterocycles. The number of hydrogen-bond acceptors (Lipinski definition) is 3. The first-order chi connectivity index (χ1) is 9.29. The van der Waals surface area contributed by atoms with Gasteiger partial charge in [-0.05, 0) is 30.9 Å². The van der Waals surface area contributed by atoms with Crippen molar-refractivity contribution in [2.45, 2.75) is 26.2 Å². The molecule has 0 saturated carbocycles. The molecule has 3 nitrogen and oxygen atoms in total. The lowest BCUT2D eigenvalue weighted by Crippen LogP contribution is -2.35. The second-order valence-corrected chi connectivity index (χ2v) is 5.46. The van der Waals surface area contributed by atoms with E-state index in [2.05, 4.69) is 28.9 Å². The second kappa shape index (κ2) is 5.08. The summed E-state index contributed by atoms with van der Waals surface area (Å²) in [5, 5.41) is 2.24. The van der Waals surface area contributed by atoms with Gasteiger partial charge in [0.15, 0.2) is 0 Å². The minimum atomic E-state index is 0.807. The number of anilines is 2. The molecule has 0 radical (unpaired) electrons. The van der Waals surface area contributed by atoms with Crippen LogP contribution in [0.3, 0.4) is 0 Å². The van der Waals surface area contributed by atoms with E-state index < -0.39 is 0 Å². The van der Waals surface area contributed by atoms with Crippen LogP contribution in [0.15, 0.2) is 30.6 Å². The summed E-state index contributed by atoms with van der Waals surface area (Å²) in [4.78, 5) is 6.60. The minimum absolute atomic E-state index is 0.807. The van der Waals surface area contributed by atoms with Crippen LogP contribution >= 0.6 is 0 Å². The van der Waals surface area contributed by atoms with Gasteiger partial charge in [-0.15, -0.1) is 0 Å². The molecule has 2 aromatic rings. The summed E-state index contributed by atoms with van der Waals surface area (Å²) in [5.74, 6) is 0.807. The van der Waals surface area contributed by atoms with Crippen molar-refractivity contribution in [3.8, 4) is 0 Å². The second-order valence-electron chi connectivity index (χ2n) is 5.46. The summed E-state index contributed by atoms with van der Waals surface area (Å²) in [6.45, 7) is 4.54. The van der Waals surface area contributed by atoms with E-state index in [1.807, 2.05) is 18.5 Å². The Balaban J connectivity index is 1.98. The molecule has 1 saturated heterocycles. The lowest BCUT2D eigenvalue weighted by Gasteiger charge is -2.35. The molecule has 1 atom stereocenters. The molecule has 0 spiro atoms. The molecule has 0 aliphatic carbocycles. The summed E-state index contributed by atoms with van der Waals surface area (Å²) in [7, 11) is 0. The van der Waals surface area contributed by atoms with Crippen molar-refractivity contribution in [3.05, 3.63) is 30.6 Å². The number of nitrogen functional groups attached to an aromatic ring is 1. The number of benzene rings is 1. The first kappa shape index (κ1) is 12.3. The highest BCUT2D eigenvalue weighted by atomic mass is 15.1. The van der Waals surface area contributed by atoms with Crippen LogP contribution in [0, 0.1) is 5.92 Å². The van der Waals surface area contributed by atoms with Gasteiger partial charge in [0, 0.05) is 36.3 Å². The third-order valence-corrected chi connectivity index (χ3v) is 4.28. The van der Waals surface area contributed by atoms with Crippen molar-refractivity contribution in [3.63, 3.8) is 0 Å². The molecule has 1 aliphatic rings. The molecule has 2 N–H and O–H groups in total. The van der Waals surface area contributed by atoms with Gasteiger partial charge < -0.3 is 10.6 Å². The number of hydrogen-bond donors (Lipinski definition) is 1. The molecular formula is C16H21N3. The quantitative estimate of drug-likeness (QED) is 0.836. The van der Waals surface area contributed by atoms with E-state index in [9.17, 15) is 0 Å². The number of rotatable bonds is 2. The Morgan fingerprint density at radius 1 is 1.37 bits per heavy atom. The summed E-state index contributed by atoms with van der Waals surface area (Å²) < 4.78 is 0. The number of piperidine rings is 1. The van der Waals surface area contributed by atoms with Crippen molar-refractivity contribution in [1.29, 1.82) is 0 Å². The van der Waals surface area contributed by atoms with Gasteiger partial charge in [-0.1, -0.05) is 19.4 Å². The Labute approximate surface area is 114 Å². The zero-order chi connectivity index (χ0) is 13.2. The molecule has 3 heteroatoms. The molecule has 19 heavy (non-hydrogen) atoms. The van der Waals surface area contributed by atoms with E-state index in [1.54, 1.807) is 0 Å². The van der Waals surface area contributed by atoms with E-state index in [4.69, 9.17) is 5.73 Å². The van der Waals surface area contributed by atoms with Crippen molar-refractivity contribution in [2.75, 3.05) is 23.7 Å². The number of nitrogens with two attached hydrogens (primary N) is 1. The normalized spacial score (nSPS) is 19.8. The summed E-state index contributed by atoms with van der Waals surface area (Å²) >= 11 is 0. The number of pyridine rings is 1. The van der Waals surface area contributed by atoms with Gasteiger partial charge in [-0.25, -0.2) is 0 Å². The maximum atomic E-state index is 6.37. The van der Waals surface area contributed by atoms with Crippen molar-refractivity contribution < 1.29 is 0 Å². The highest BCUT2D eigenvalue weighted by Crippen LogP contribution is 2.33. The highest BCUT2D eigenvalue weighted by molar-refractivity contribution is 5.98. The Bertz CT molecular complexity index is 579. The van der Waals surface area contributed by atoms with Crippen molar-refractivity contribution in [2.24, 2.45) is 5.92 Å². The third kappa shape index (κ3) is 2.25. The predicted molar refractivity (Wildman–Crippen MR) is 81.4 cm³/mol. The Morgan fingerprint density at radius 3 is 3.11 bits per heavy atom. The molecule has 1 fully saturated rings. The molecular weight excluding hydrogens is 234 g/mol. The topological polar surface area (TPSA) is 42.2 Å². The maximum absolute atomic E-state index is 6.37. The van der Waals surface area contributed by atoms with Gasteiger partial charge in [0.05, 0.1) is 11.4 Å². The van der Waals surface area contributed by atoms with E-state index >= 15 is 0 Å². The summed E-state index contributed by atoms with van der Waals surface area (Å²) in [6.07, 6.45) is 7.57. The van der Waals surface area contributed by atoms with Crippen LogP contribution in [0.2, 0.25) is 0 Å². The molecule has 100 valence electrons. The standard InChI is InChI=1S/C16H21N3/c1-2-12-4-3-9-19(11-12)15-6-5-13-10-18-8-7-14(13)16(15)17/h5-8,10,12H,2-4,9,11,17H2,1H3. The number of nitrogens with zero attached hydrogens (tertiary/aromatic N) is 2. The van der Waals surface area contributed by atoms with Crippen LogP contribution in [0.25, 0.3) is 10.8 Å². The SMILES string of the molecule is CCC1CCCN(c2ccc3cnccc3c2N)C1.